The molecule has 0 aromatic heterocycles. The Morgan fingerprint density at radius 2 is 1.69 bits per heavy atom. The summed E-state index contributed by atoms with van der Waals surface area (Å²) >= 11 is 5.24. The summed E-state index contributed by atoms with van der Waals surface area (Å²) in [7, 11) is 0. The number of benzene rings is 1. The zero-order chi connectivity index (χ0) is 18.8. The van der Waals surface area contributed by atoms with Gasteiger partial charge in [-0.2, -0.15) is 0 Å². The summed E-state index contributed by atoms with van der Waals surface area (Å²) in [6.07, 6.45) is 9.09. The zero-order valence-electron chi connectivity index (χ0n) is 14.8. The Morgan fingerprint density at radius 3 is 2.27 bits per heavy atom. The maximum absolute atomic E-state index is 12.1. The lowest BCUT2D eigenvalue weighted by Crippen LogP contribution is -2.02. The number of nitrogens with zero attached hydrogens (tertiary/aromatic N) is 1. The van der Waals surface area contributed by atoms with E-state index in [1.807, 2.05) is 44.2 Å². The van der Waals surface area contributed by atoms with Gasteiger partial charge in [0.25, 0.3) is 0 Å². The molecule has 0 spiro atoms. The average Bonchev–Trinajstić information content (AvgIpc) is 2.62. The molecule has 1 aliphatic rings. The first-order valence-corrected chi connectivity index (χ1v) is 10.9. The SMILES string of the molecule is CCOP(=S)(OCC)ON=C1C=CC(=CC(=O)Cc2ccccc2)C=C1. The van der Waals surface area contributed by atoms with E-state index in [-0.39, 0.29) is 5.78 Å². The summed E-state index contributed by atoms with van der Waals surface area (Å²) < 4.78 is 16.0. The van der Waals surface area contributed by atoms with Gasteiger partial charge in [0.2, 0.25) is 0 Å². The van der Waals surface area contributed by atoms with Crippen molar-refractivity contribution in [3.8, 4) is 0 Å². The van der Waals surface area contributed by atoms with Gasteiger partial charge in [0.1, 0.15) is 5.71 Å². The van der Waals surface area contributed by atoms with Crippen molar-refractivity contribution in [3.05, 3.63) is 71.8 Å². The molecule has 0 amide bonds. The third-order valence-corrected chi connectivity index (χ3v) is 5.53. The highest BCUT2D eigenvalue weighted by molar-refractivity contribution is 8.07. The van der Waals surface area contributed by atoms with Gasteiger partial charge < -0.3 is 4.62 Å². The molecule has 1 aromatic carbocycles. The Labute approximate surface area is 159 Å². The monoisotopic (exact) mass is 391 g/mol. The van der Waals surface area contributed by atoms with E-state index >= 15 is 0 Å². The lowest BCUT2D eigenvalue weighted by Gasteiger charge is -2.17. The summed E-state index contributed by atoms with van der Waals surface area (Å²) in [6.45, 7) is 1.57. The van der Waals surface area contributed by atoms with Crippen LogP contribution in [0.1, 0.15) is 19.4 Å². The molecule has 0 fully saturated rings. The summed E-state index contributed by atoms with van der Waals surface area (Å²) in [4.78, 5) is 12.1. The molecule has 5 nitrogen and oxygen atoms in total. The number of hydrogen-bond donors (Lipinski definition) is 0. The molecular weight excluding hydrogens is 369 g/mol. The highest BCUT2D eigenvalue weighted by Gasteiger charge is 2.20. The Bertz CT molecular complexity index is 756. The van der Waals surface area contributed by atoms with Crippen LogP contribution >= 0.6 is 6.72 Å². The first kappa shape index (κ1) is 20.5. The molecule has 2 rings (SSSR count). The topological polar surface area (TPSA) is 57.1 Å². The van der Waals surface area contributed by atoms with Gasteiger partial charge in [0.15, 0.2) is 5.78 Å². The van der Waals surface area contributed by atoms with Gasteiger partial charge in [0.05, 0.1) is 13.2 Å². The molecule has 138 valence electrons. The van der Waals surface area contributed by atoms with Crippen LogP contribution in [0.25, 0.3) is 0 Å². The lowest BCUT2D eigenvalue weighted by atomic mass is 10.0. The highest BCUT2D eigenvalue weighted by atomic mass is 32.5. The molecule has 0 saturated carbocycles. The van der Waals surface area contributed by atoms with Crippen LogP contribution in [0.5, 0.6) is 0 Å². The van der Waals surface area contributed by atoms with Gasteiger partial charge >= 0.3 is 6.72 Å². The minimum absolute atomic E-state index is 0.0420. The van der Waals surface area contributed by atoms with Crippen LogP contribution in [0.3, 0.4) is 0 Å². The van der Waals surface area contributed by atoms with Gasteiger partial charge in [-0.3, -0.25) is 13.8 Å². The largest absolute Gasteiger partial charge is 0.402 e. The highest BCUT2D eigenvalue weighted by Crippen LogP contribution is 2.50. The Morgan fingerprint density at radius 1 is 1.08 bits per heavy atom. The lowest BCUT2D eigenvalue weighted by molar-refractivity contribution is -0.114. The maximum Gasteiger partial charge on any atom is 0.402 e. The Kier molecular flexibility index (Phi) is 8.13. The molecule has 0 saturated heterocycles. The summed E-state index contributed by atoms with van der Waals surface area (Å²) in [6, 6.07) is 9.65. The van der Waals surface area contributed by atoms with Crippen molar-refractivity contribution in [1.82, 2.24) is 0 Å². The number of oxime groups is 1. The van der Waals surface area contributed by atoms with Crippen molar-refractivity contribution in [3.63, 3.8) is 0 Å². The number of allylic oxidation sites excluding steroid dienone is 6. The van der Waals surface area contributed by atoms with E-state index in [0.29, 0.717) is 25.3 Å². The van der Waals surface area contributed by atoms with Gasteiger partial charge in [-0.05, 0) is 43.2 Å². The third kappa shape index (κ3) is 6.81. The second kappa shape index (κ2) is 10.3. The molecule has 0 heterocycles. The van der Waals surface area contributed by atoms with Gasteiger partial charge in [-0.25, -0.2) is 0 Å². The van der Waals surface area contributed by atoms with Crippen LogP contribution in [0.15, 0.2) is 71.4 Å². The second-order valence-corrected chi connectivity index (χ2v) is 8.24. The van der Waals surface area contributed by atoms with Crippen molar-refractivity contribution in [2.45, 2.75) is 20.3 Å². The minimum Gasteiger partial charge on any atom is -0.313 e. The molecule has 1 aliphatic carbocycles. The normalized spacial score (nSPS) is 13.6. The standard InChI is InChI=1S/C19H22NO4PS/c1-3-22-25(26,23-4-2)24-20-18-12-10-17(11-13-18)15-19(21)14-16-8-6-5-7-9-16/h5-13,15H,3-4,14H2,1-2H3. The van der Waals surface area contributed by atoms with Crippen molar-refractivity contribution in [2.75, 3.05) is 13.2 Å². The molecule has 1 aromatic rings. The molecule has 0 aliphatic heterocycles. The summed E-state index contributed by atoms with van der Waals surface area (Å²) in [5.74, 6) is 0.0420. The maximum atomic E-state index is 12.1. The molecular formula is C19H22NO4PS. The fraction of sp³-hybridized carbons (Fsp3) is 0.263. The number of hydrogen-bond acceptors (Lipinski definition) is 6. The van der Waals surface area contributed by atoms with E-state index in [1.165, 1.54) is 0 Å². The van der Waals surface area contributed by atoms with E-state index in [2.05, 4.69) is 5.16 Å². The number of ketones is 1. The fourth-order valence-corrected chi connectivity index (χ4v) is 3.89. The van der Waals surface area contributed by atoms with Crippen LogP contribution in [-0.2, 0) is 36.7 Å². The van der Waals surface area contributed by atoms with Crippen molar-refractivity contribution in [2.24, 2.45) is 5.16 Å². The van der Waals surface area contributed by atoms with E-state index < -0.39 is 6.72 Å². The van der Waals surface area contributed by atoms with Crippen molar-refractivity contribution < 1.29 is 18.5 Å². The fourth-order valence-electron chi connectivity index (χ4n) is 2.16. The van der Waals surface area contributed by atoms with Crippen LogP contribution in [0, 0.1) is 0 Å². The number of rotatable bonds is 9. The smallest absolute Gasteiger partial charge is 0.313 e. The first-order chi connectivity index (χ1) is 12.5. The number of carbonyl (C=O) groups excluding carboxylic acids is 1. The van der Waals surface area contributed by atoms with Crippen molar-refractivity contribution >= 4 is 30.0 Å². The zero-order valence-corrected chi connectivity index (χ0v) is 16.5. The molecule has 0 bridgehead atoms. The van der Waals surface area contributed by atoms with E-state index in [9.17, 15) is 4.79 Å². The van der Waals surface area contributed by atoms with E-state index in [1.54, 1.807) is 30.4 Å². The predicted octanol–water partition coefficient (Wildman–Crippen LogP) is 4.52. The predicted molar refractivity (Wildman–Crippen MR) is 108 cm³/mol. The molecule has 0 atom stereocenters. The van der Waals surface area contributed by atoms with E-state index in [0.717, 1.165) is 11.1 Å². The number of carbonyl (C=O) groups is 1. The molecule has 0 radical (unpaired) electrons. The molecule has 0 unspecified atom stereocenters. The van der Waals surface area contributed by atoms with Crippen LogP contribution in [-0.4, -0.2) is 24.7 Å². The van der Waals surface area contributed by atoms with Gasteiger partial charge in [-0.15, -0.1) is 0 Å². The Hall–Kier alpha value is -1.85. The average molecular weight is 391 g/mol. The summed E-state index contributed by atoms with van der Waals surface area (Å²) in [5, 5.41) is 4.00. The Balaban J connectivity index is 1.96. The van der Waals surface area contributed by atoms with Crippen LogP contribution in [0.2, 0.25) is 0 Å². The van der Waals surface area contributed by atoms with Gasteiger partial charge in [-0.1, -0.05) is 47.6 Å². The first-order valence-electron chi connectivity index (χ1n) is 8.35. The minimum atomic E-state index is -2.85. The molecule has 7 heteroatoms. The summed E-state index contributed by atoms with van der Waals surface area (Å²) in [5.41, 5.74) is 2.37. The van der Waals surface area contributed by atoms with Gasteiger partial charge in [0, 0.05) is 18.2 Å². The van der Waals surface area contributed by atoms with Crippen LogP contribution < -0.4 is 0 Å². The van der Waals surface area contributed by atoms with Crippen LogP contribution in [0.4, 0.5) is 0 Å². The quantitative estimate of drug-likeness (QED) is 0.352. The third-order valence-electron chi connectivity index (χ3n) is 3.26. The molecule has 0 N–H and O–H groups in total. The van der Waals surface area contributed by atoms with Crippen molar-refractivity contribution in [1.29, 1.82) is 0 Å². The molecule has 26 heavy (non-hydrogen) atoms. The van der Waals surface area contributed by atoms with E-state index in [4.69, 9.17) is 25.5 Å². The second-order valence-electron chi connectivity index (χ2n) is 5.32.